The van der Waals surface area contributed by atoms with E-state index in [1.807, 2.05) is 0 Å². The second kappa shape index (κ2) is 5.78. The van der Waals surface area contributed by atoms with Gasteiger partial charge in [-0.25, -0.2) is 0 Å². The van der Waals surface area contributed by atoms with Crippen LogP contribution in [0.1, 0.15) is 54.4 Å². The van der Waals surface area contributed by atoms with Gasteiger partial charge in [-0.15, -0.1) is 0 Å². The van der Waals surface area contributed by atoms with E-state index >= 15 is 0 Å². The first-order valence-corrected chi connectivity index (χ1v) is 7.50. The van der Waals surface area contributed by atoms with Crippen molar-refractivity contribution in [3.05, 3.63) is 0 Å². The van der Waals surface area contributed by atoms with Crippen molar-refractivity contribution in [1.29, 1.82) is 0 Å². The minimum absolute atomic E-state index is 0.141. The van der Waals surface area contributed by atoms with Gasteiger partial charge in [0, 0.05) is 6.00 Å². The zero-order valence-corrected chi connectivity index (χ0v) is 12.9. The quantitative estimate of drug-likeness (QED) is 0.659. The van der Waals surface area contributed by atoms with Gasteiger partial charge in [0.25, 0.3) is 0 Å². The van der Waals surface area contributed by atoms with Gasteiger partial charge < -0.3 is 4.74 Å². The van der Waals surface area contributed by atoms with E-state index in [0.717, 1.165) is 19.1 Å². The zero-order valence-electron chi connectivity index (χ0n) is 12.9. The minimum atomic E-state index is 0.141. The minimum Gasteiger partial charge on any atom is -0.380 e. The lowest BCUT2D eigenvalue weighted by molar-refractivity contribution is -0.0791. The molecule has 1 aliphatic rings. The Labute approximate surface area is 109 Å². The summed E-state index contributed by atoms with van der Waals surface area (Å²) >= 11 is 0. The van der Waals surface area contributed by atoms with Crippen molar-refractivity contribution in [3.8, 4) is 0 Å². The maximum atomic E-state index is 6.54. The van der Waals surface area contributed by atoms with E-state index in [-0.39, 0.29) is 5.60 Å². The smallest absolute Gasteiger partial charge is 0.154 e. The summed E-state index contributed by atoms with van der Waals surface area (Å²) in [6, 6.07) is 0.481. The van der Waals surface area contributed by atoms with Crippen molar-refractivity contribution in [1.82, 2.24) is 0 Å². The molecule has 0 aromatic heterocycles. The van der Waals surface area contributed by atoms with Crippen LogP contribution in [-0.2, 0) is 4.74 Å². The molecule has 0 aromatic rings. The zero-order chi connectivity index (χ0) is 13.2. The predicted octanol–water partition coefficient (Wildman–Crippen LogP) is 3.93. The van der Waals surface area contributed by atoms with Crippen molar-refractivity contribution in [2.45, 2.75) is 72.8 Å². The molecule has 0 saturated carbocycles. The lowest BCUT2D eigenvalue weighted by Gasteiger charge is -2.39. The maximum Gasteiger partial charge on any atom is 0.154 e. The summed E-state index contributed by atoms with van der Waals surface area (Å²) in [7, 11) is 1.16. The van der Waals surface area contributed by atoms with Gasteiger partial charge >= 0.3 is 0 Å². The van der Waals surface area contributed by atoms with Gasteiger partial charge in [0.1, 0.15) is 0 Å². The van der Waals surface area contributed by atoms with E-state index in [1.54, 1.807) is 0 Å². The van der Waals surface area contributed by atoms with E-state index < -0.39 is 0 Å². The third kappa shape index (κ3) is 3.27. The summed E-state index contributed by atoms with van der Waals surface area (Å²) < 4.78 is 6.54. The van der Waals surface area contributed by atoms with Gasteiger partial charge in [0.2, 0.25) is 0 Å². The average Bonchev–Trinajstić information content (AvgIpc) is 2.53. The van der Waals surface area contributed by atoms with Crippen molar-refractivity contribution < 1.29 is 4.74 Å². The highest BCUT2D eigenvalue weighted by Crippen LogP contribution is 2.46. The Morgan fingerprint density at radius 3 is 2.18 bits per heavy atom. The van der Waals surface area contributed by atoms with E-state index in [4.69, 9.17) is 4.74 Å². The highest BCUT2D eigenvalue weighted by molar-refractivity contribution is 6.35. The molecule has 0 amide bonds. The topological polar surface area (TPSA) is 9.23 Å². The second-order valence-electron chi connectivity index (χ2n) is 6.94. The highest BCUT2D eigenvalue weighted by Gasteiger charge is 2.48. The number of hydrogen-bond donors (Lipinski definition) is 0. The van der Waals surface area contributed by atoms with Crippen LogP contribution in [0.4, 0.5) is 0 Å². The SMILES string of the molecule is CBC1OC(CC(C)C)(C(C)C(C)C)CC1C. The Bertz CT molecular complexity index is 239. The molecule has 1 aliphatic heterocycles. The molecule has 1 nitrogen and oxygen atoms in total. The van der Waals surface area contributed by atoms with Crippen molar-refractivity contribution in [2.75, 3.05) is 0 Å². The lowest BCUT2D eigenvalue weighted by Crippen LogP contribution is -2.41. The van der Waals surface area contributed by atoms with Crippen LogP contribution in [0.15, 0.2) is 0 Å². The van der Waals surface area contributed by atoms with Crippen LogP contribution < -0.4 is 0 Å². The molecular formula is C15H31BO. The molecule has 100 valence electrons. The molecule has 17 heavy (non-hydrogen) atoms. The van der Waals surface area contributed by atoms with Gasteiger partial charge in [-0.3, -0.25) is 0 Å². The van der Waals surface area contributed by atoms with Gasteiger partial charge in [0.05, 0.1) is 5.60 Å². The molecule has 0 aromatic carbocycles. The Hall–Kier alpha value is 0.0249. The Balaban J connectivity index is 2.89. The summed E-state index contributed by atoms with van der Waals surface area (Å²) in [5.74, 6) is 2.81. The molecule has 4 unspecified atom stereocenters. The molecule has 0 N–H and O–H groups in total. The molecule has 1 fully saturated rings. The normalized spacial score (nSPS) is 35.6. The van der Waals surface area contributed by atoms with Crippen LogP contribution in [0.25, 0.3) is 0 Å². The average molecular weight is 238 g/mol. The summed E-state index contributed by atoms with van der Waals surface area (Å²) in [5.41, 5.74) is 0.141. The first-order valence-electron chi connectivity index (χ1n) is 7.50. The fraction of sp³-hybridized carbons (Fsp3) is 1.00. The molecule has 1 rings (SSSR count). The van der Waals surface area contributed by atoms with Crippen molar-refractivity contribution in [2.24, 2.45) is 23.7 Å². The predicted molar refractivity (Wildman–Crippen MR) is 77.9 cm³/mol. The first kappa shape index (κ1) is 15.1. The van der Waals surface area contributed by atoms with Crippen LogP contribution in [0.3, 0.4) is 0 Å². The third-order valence-corrected chi connectivity index (χ3v) is 4.67. The monoisotopic (exact) mass is 238 g/mol. The van der Waals surface area contributed by atoms with Gasteiger partial charge in [-0.2, -0.15) is 0 Å². The van der Waals surface area contributed by atoms with E-state index in [1.165, 1.54) is 12.8 Å². The Kier molecular flexibility index (Phi) is 5.13. The van der Waals surface area contributed by atoms with Gasteiger partial charge in [-0.1, -0.05) is 48.4 Å². The first-order chi connectivity index (χ1) is 7.82. The molecule has 0 spiro atoms. The molecular weight excluding hydrogens is 207 g/mol. The van der Waals surface area contributed by atoms with Crippen LogP contribution in [0, 0.1) is 23.7 Å². The number of rotatable bonds is 5. The molecule has 2 heteroatoms. The van der Waals surface area contributed by atoms with Gasteiger partial charge in [0.15, 0.2) is 7.28 Å². The molecule has 4 atom stereocenters. The van der Waals surface area contributed by atoms with E-state index in [2.05, 4.69) is 48.4 Å². The molecule has 0 aliphatic carbocycles. The Morgan fingerprint density at radius 2 is 1.82 bits per heavy atom. The number of hydrogen-bond acceptors (Lipinski definition) is 1. The highest BCUT2D eigenvalue weighted by atomic mass is 16.5. The number of ether oxygens (including phenoxy) is 1. The van der Waals surface area contributed by atoms with Crippen LogP contribution >= 0.6 is 0 Å². The molecule has 0 radical (unpaired) electrons. The van der Waals surface area contributed by atoms with Crippen LogP contribution in [0.2, 0.25) is 6.82 Å². The van der Waals surface area contributed by atoms with Crippen molar-refractivity contribution >= 4 is 7.28 Å². The second-order valence-corrected chi connectivity index (χ2v) is 6.94. The van der Waals surface area contributed by atoms with Gasteiger partial charge in [-0.05, 0) is 36.5 Å². The summed E-state index contributed by atoms with van der Waals surface area (Å²) in [5, 5.41) is 0. The fourth-order valence-corrected chi connectivity index (χ4v) is 3.54. The molecule has 1 heterocycles. The third-order valence-electron chi connectivity index (χ3n) is 4.67. The summed E-state index contributed by atoms with van der Waals surface area (Å²) in [6.07, 6.45) is 2.47. The van der Waals surface area contributed by atoms with E-state index in [9.17, 15) is 0 Å². The maximum absolute atomic E-state index is 6.54. The summed E-state index contributed by atoms with van der Waals surface area (Å²) in [4.78, 5) is 0. The van der Waals surface area contributed by atoms with Crippen molar-refractivity contribution in [3.63, 3.8) is 0 Å². The molecule has 0 bridgehead atoms. The van der Waals surface area contributed by atoms with Crippen LogP contribution in [-0.4, -0.2) is 18.9 Å². The van der Waals surface area contributed by atoms with Crippen LogP contribution in [0.5, 0.6) is 0 Å². The summed E-state index contributed by atoms with van der Waals surface area (Å²) in [6.45, 7) is 16.3. The standard InChI is InChI=1S/C15H31BO/c1-10(2)8-15(13(6)11(3)4)9-12(5)14(16-7)17-15/h10-14,16H,8-9H2,1-7H3. The fourth-order valence-electron chi connectivity index (χ4n) is 3.54. The largest absolute Gasteiger partial charge is 0.380 e. The Morgan fingerprint density at radius 1 is 1.24 bits per heavy atom. The lowest BCUT2D eigenvalue weighted by atomic mass is 9.68. The molecule has 1 saturated heterocycles. The van der Waals surface area contributed by atoms with E-state index in [0.29, 0.717) is 17.8 Å².